The Bertz CT molecular complexity index is 3090. The number of hydrogen-bond donors (Lipinski definition) is 0. The minimum atomic E-state index is 0.872. The van der Waals surface area contributed by atoms with Crippen molar-refractivity contribution in [3.8, 4) is 39.2 Å². The van der Waals surface area contributed by atoms with Crippen molar-refractivity contribution in [2.75, 3.05) is 0 Å². The van der Waals surface area contributed by atoms with E-state index in [1.165, 1.54) is 56.9 Å². The van der Waals surface area contributed by atoms with Crippen LogP contribution in [0.5, 0.6) is 0 Å². The average molecular weight is 693 g/mol. The number of hydrogen-bond acceptors (Lipinski definition) is 2. The second-order valence-electron chi connectivity index (χ2n) is 14.5. The molecule has 3 nitrogen and oxygen atoms in total. The topological polar surface area (TPSA) is 31.0 Å². The molecule has 0 saturated carbocycles. The third-order valence-corrected chi connectivity index (χ3v) is 11.4. The summed E-state index contributed by atoms with van der Waals surface area (Å²) in [5, 5.41) is 5.86. The molecule has 0 saturated heterocycles. The van der Waals surface area contributed by atoms with Crippen molar-refractivity contribution >= 4 is 60.2 Å². The van der Waals surface area contributed by atoms with Gasteiger partial charge in [-0.15, -0.1) is 0 Å². The van der Waals surface area contributed by atoms with Crippen LogP contribution >= 0.6 is 0 Å². The van der Waals surface area contributed by atoms with Gasteiger partial charge in [-0.1, -0.05) is 121 Å². The molecular formula is C51H36N2O. The highest BCUT2D eigenvalue weighted by Crippen LogP contribution is 2.43. The molecule has 0 spiro atoms. The maximum absolute atomic E-state index is 6.78. The number of aromatic nitrogens is 2. The lowest BCUT2D eigenvalue weighted by molar-refractivity contribution is 0.668. The number of benzene rings is 7. The number of rotatable bonds is 5. The first-order valence-electron chi connectivity index (χ1n) is 19.0. The quantitative estimate of drug-likeness (QED) is 0.180. The summed E-state index contributed by atoms with van der Waals surface area (Å²) in [7, 11) is 0. The van der Waals surface area contributed by atoms with E-state index in [1.807, 2.05) is 6.07 Å². The number of fused-ring (bicyclic) bond motifs is 7. The molecule has 1 aliphatic rings. The van der Waals surface area contributed by atoms with E-state index >= 15 is 0 Å². The Morgan fingerprint density at radius 3 is 2.00 bits per heavy atom. The lowest BCUT2D eigenvalue weighted by atomic mass is 9.93. The van der Waals surface area contributed by atoms with Gasteiger partial charge in [-0.05, 0) is 102 Å². The van der Waals surface area contributed by atoms with E-state index in [0.29, 0.717) is 0 Å². The van der Waals surface area contributed by atoms with Crippen molar-refractivity contribution in [1.29, 1.82) is 0 Å². The molecule has 0 aliphatic heterocycles. The van der Waals surface area contributed by atoms with Gasteiger partial charge in [0.2, 0.25) is 0 Å². The van der Waals surface area contributed by atoms with E-state index in [4.69, 9.17) is 9.40 Å². The first-order valence-corrected chi connectivity index (χ1v) is 19.0. The van der Waals surface area contributed by atoms with Crippen molar-refractivity contribution in [3.63, 3.8) is 0 Å². The summed E-state index contributed by atoms with van der Waals surface area (Å²) in [6.07, 6.45) is 7.26. The summed E-state index contributed by atoms with van der Waals surface area (Å²) in [5.74, 6) is 0. The highest BCUT2D eigenvalue weighted by Gasteiger charge is 2.20. The lowest BCUT2D eigenvalue weighted by Gasteiger charge is -2.14. The molecular weight excluding hydrogens is 657 g/mol. The molecule has 0 radical (unpaired) electrons. The van der Waals surface area contributed by atoms with Crippen LogP contribution in [0, 0.1) is 0 Å². The van der Waals surface area contributed by atoms with Crippen LogP contribution in [-0.4, -0.2) is 9.55 Å². The van der Waals surface area contributed by atoms with Crippen LogP contribution in [0.15, 0.2) is 174 Å². The molecule has 7 aromatic carbocycles. The Morgan fingerprint density at radius 2 is 1.20 bits per heavy atom. The van der Waals surface area contributed by atoms with Gasteiger partial charge in [0.1, 0.15) is 11.2 Å². The van der Waals surface area contributed by atoms with E-state index in [9.17, 15) is 0 Å². The van der Waals surface area contributed by atoms with Crippen molar-refractivity contribution in [2.24, 2.45) is 0 Å². The predicted molar refractivity (Wildman–Crippen MR) is 226 cm³/mol. The molecule has 11 rings (SSSR count). The van der Waals surface area contributed by atoms with Gasteiger partial charge in [0.25, 0.3) is 0 Å². The van der Waals surface area contributed by atoms with Crippen molar-refractivity contribution in [1.82, 2.24) is 9.55 Å². The van der Waals surface area contributed by atoms with Gasteiger partial charge < -0.3 is 8.98 Å². The highest BCUT2D eigenvalue weighted by molar-refractivity contribution is 6.16. The van der Waals surface area contributed by atoms with Crippen LogP contribution in [0.3, 0.4) is 0 Å². The fourth-order valence-electron chi connectivity index (χ4n) is 8.74. The largest absolute Gasteiger partial charge is 0.456 e. The van der Waals surface area contributed by atoms with Crippen LogP contribution in [0.2, 0.25) is 0 Å². The van der Waals surface area contributed by atoms with Gasteiger partial charge in [0.15, 0.2) is 0 Å². The van der Waals surface area contributed by atoms with Gasteiger partial charge in [0, 0.05) is 44.2 Å². The SMILES string of the molecule is C1=C(c2ccc3c4ccc(-c5ccccc5)cc4n(-c4ccc5c(c4)oc4cccc(-c6cc(-c7ccccc7)nc7ccccc67)c45)c3c2)CCCC1. The van der Waals surface area contributed by atoms with Crippen LogP contribution in [0.4, 0.5) is 0 Å². The molecule has 3 aromatic heterocycles. The Kier molecular flexibility index (Phi) is 7.12. The Hall–Kier alpha value is -6.71. The van der Waals surface area contributed by atoms with E-state index in [1.54, 1.807) is 0 Å². The molecule has 3 heteroatoms. The summed E-state index contributed by atoms with van der Waals surface area (Å²) < 4.78 is 9.22. The van der Waals surface area contributed by atoms with Crippen LogP contribution in [0.25, 0.3) is 99.4 Å². The van der Waals surface area contributed by atoms with E-state index in [0.717, 1.165) is 73.8 Å². The molecule has 1 aliphatic carbocycles. The maximum Gasteiger partial charge on any atom is 0.137 e. The van der Waals surface area contributed by atoms with Crippen LogP contribution in [0.1, 0.15) is 31.2 Å². The zero-order chi connectivity index (χ0) is 35.6. The van der Waals surface area contributed by atoms with E-state index < -0.39 is 0 Å². The number of pyridine rings is 1. The molecule has 54 heavy (non-hydrogen) atoms. The monoisotopic (exact) mass is 692 g/mol. The zero-order valence-electron chi connectivity index (χ0n) is 29.8. The molecule has 0 N–H and O–H groups in total. The third-order valence-electron chi connectivity index (χ3n) is 11.4. The Balaban J connectivity index is 1.14. The van der Waals surface area contributed by atoms with Crippen molar-refractivity contribution in [3.05, 3.63) is 175 Å². The summed E-state index contributed by atoms with van der Waals surface area (Å²) in [5.41, 5.74) is 15.8. The van der Waals surface area contributed by atoms with E-state index in [2.05, 4.69) is 168 Å². The maximum atomic E-state index is 6.78. The molecule has 0 bridgehead atoms. The number of furan rings is 1. The standard InChI is InChI=1S/C51H36N2O/c1-4-13-33(14-5-1)36-23-26-40-41-27-24-37(34-15-6-2-7-16-34)30-48(41)53(47(40)29-36)38-25-28-43-50(31-38)54-49-22-12-20-42(51(43)49)44-32-46(35-17-8-3-9-18-35)52-45-21-11-10-19-39(44)45/h1,3-5,8-15,17-32H,2,6-7,16H2. The molecule has 10 aromatic rings. The fraction of sp³-hybridized carbons (Fsp3) is 0.0784. The minimum absolute atomic E-state index is 0.872. The van der Waals surface area contributed by atoms with Crippen LogP contribution < -0.4 is 0 Å². The Labute approximate surface area is 313 Å². The minimum Gasteiger partial charge on any atom is -0.456 e. The Morgan fingerprint density at radius 1 is 0.481 bits per heavy atom. The first-order chi connectivity index (χ1) is 26.8. The zero-order valence-corrected chi connectivity index (χ0v) is 29.8. The third kappa shape index (κ3) is 5.00. The average Bonchev–Trinajstić information content (AvgIpc) is 3.79. The summed E-state index contributed by atoms with van der Waals surface area (Å²) >= 11 is 0. The summed E-state index contributed by atoms with van der Waals surface area (Å²) in [4.78, 5) is 5.08. The van der Waals surface area contributed by atoms with Crippen LogP contribution in [-0.2, 0) is 0 Å². The normalized spacial score (nSPS) is 13.4. The number of para-hydroxylation sites is 1. The molecule has 3 heterocycles. The molecule has 0 unspecified atom stereocenters. The summed E-state index contributed by atoms with van der Waals surface area (Å²) in [6, 6.07) is 59.0. The fourth-order valence-corrected chi connectivity index (χ4v) is 8.74. The van der Waals surface area contributed by atoms with Gasteiger partial charge in [-0.2, -0.15) is 0 Å². The molecule has 0 atom stereocenters. The molecule has 0 amide bonds. The summed E-state index contributed by atoms with van der Waals surface area (Å²) in [6.45, 7) is 0. The smallest absolute Gasteiger partial charge is 0.137 e. The number of nitrogens with zero attached hydrogens (tertiary/aromatic N) is 2. The number of allylic oxidation sites excluding steroid dienone is 2. The second kappa shape index (κ2) is 12.5. The molecule has 0 fully saturated rings. The highest BCUT2D eigenvalue weighted by atomic mass is 16.3. The molecule has 256 valence electrons. The lowest BCUT2D eigenvalue weighted by Crippen LogP contribution is -1.96. The van der Waals surface area contributed by atoms with Gasteiger partial charge in [0.05, 0.1) is 22.2 Å². The van der Waals surface area contributed by atoms with Crippen molar-refractivity contribution < 1.29 is 4.42 Å². The first kappa shape index (κ1) is 30.9. The van der Waals surface area contributed by atoms with Gasteiger partial charge >= 0.3 is 0 Å². The van der Waals surface area contributed by atoms with E-state index in [-0.39, 0.29) is 0 Å². The van der Waals surface area contributed by atoms with Gasteiger partial charge in [-0.25, -0.2) is 4.98 Å². The van der Waals surface area contributed by atoms with Crippen molar-refractivity contribution in [2.45, 2.75) is 25.7 Å². The van der Waals surface area contributed by atoms with Gasteiger partial charge in [-0.3, -0.25) is 0 Å². The second-order valence-corrected chi connectivity index (χ2v) is 14.5. The predicted octanol–water partition coefficient (Wildman–Crippen LogP) is 14.2.